The number of imidazole rings is 1. The highest BCUT2D eigenvalue weighted by Crippen LogP contribution is 2.30. The molecule has 0 bridgehead atoms. The van der Waals surface area contributed by atoms with E-state index in [9.17, 15) is 4.39 Å². The number of fused-ring (bicyclic) bond motifs is 2. The molecule has 5 nitrogen and oxygen atoms in total. The Balaban J connectivity index is 1.31. The van der Waals surface area contributed by atoms with Crippen LogP contribution in [0, 0.1) is 12.7 Å². The molecular weight excluding hydrogens is 461 g/mol. The van der Waals surface area contributed by atoms with Crippen molar-refractivity contribution in [3.05, 3.63) is 119 Å². The SMILES string of the molecule is Cc1nc(C2=C(C3=C\C=C\c4cc(-c5cn6c(n5)CC/C=C/CC6)cnc4/C=C\3)CC=CN2)ccc1F. The summed E-state index contributed by atoms with van der Waals surface area (Å²) < 4.78 is 16.1. The summed E-state index contributed by atoms with van der Waals surface area (Å²) in [6.07, 6.45) is 26.8. The maximum Gasteiger partial charge on any atom is 0.144 e. The summed E-state index contributed by atoms with van der Waals surface area (Å²) in [6.45, 7) is 2.65. The Labute approximate surface area is 216 Å². The summed E-state index contributed by atoms with van der Waals surface area (Å²) in [7, 11) is 0. The number of aromatic nitrogens is 4. The van der Waals surface area contributed by atoms with Crippen molar-refractivity contribution in [3.63, 3.8) is 0 Å². The molecule has 0 amide bonds. The lowest BCUT2D eigenvalue weighted by Gasteiger charge is -2.19. The van der Waals surface area contributed by atoms with Crippen molar-refractivity contribution in [2.45, 2.75) is 39.2 Å². The molecule has 184 valence electrons. The molecule has 0 radical (unpaired) electrons. The molecule has 5 heterocycles. The molecular formula is C31H28FN5. The zero-order valence-corrected chi connectivity index (χ0v) is 20.8. The fourth-order valence-corrected chi connectivity index (χ4v) is 4.92. The molecule has 1 N–H and O–H groups in total. The van der Waals surface area contributed by atoms with E-state index in [-0.39, 0.29) is 5.82 Å². The lowest BCUT2D eigenvalue weighted by molar-refractivity contribution is 0.609. The molecule has 6 rings (SSSR count). The maximum atomic E-state index is 13.8. The van der Waals surface area contributed by atoms with Crippen molar-refractivity contribution in [1.29, 1.82) is 0 Å². The molecule has 0 atom stereocenters. The van der Waals surface area contributed by atoms with Crippen LogP contribution in [0.2, 0.25) is 0 Å². The smallest absolute Gasteiger partial charge is 0.144 e. The highest BCUT2D eigenvalue weighted by molar-refractivity contribution is 5.77. The fourth-order valence-electron chi connectivity index (χ4n) is 4.92. The van der Waals surface area contributed by atoms with Gasteiger partial charge in [-0.15, -0.1) is 0 Å². The lowest BCUT2D eigenvalue weighted by atomic mass is 9.94. The number of nitrogens with one attached hydrogen (secondary N) is 1. The first-order chi connectivity index (χ1) is 18.2. The standard InChI is InChI=1S/C31H28FN5/c1-21-26(32)13-15-28(35-21)31-25(10-7-16-33-31)22-8-6-9-23-18-24(19-34-27(23)14-12-22)29-20-37-17-5-3-2-4-11-30(37)36-29/h2-3,6-9,12-16,18-20,33H,4-5,10-11,17H2,1H3/b3-2+,8-6?,9-6+,14-12-,22-8-,22-12?,23-9?,27-14?. The largest absolute Gasteiger partial charge is 0.360 e. The summed E-state index contributed by atoms with van der Waals surface area (Å²) in [5.41, 5.74) is 8.13. The summed E-state index contributed by atoms with van der Waals surface area (Å²) in [5.74, 6) is 0.838. The van der Waals surface area contributed by atoms with Gasteiger partial charge in [0.2, 0.25) is 0 Å². The van der Waals surface area contributed by atoms with Crippen LogP contribution in [-0.4, -0.2) is 19.5 Å². The first kappa shape index (κ1) is 23.1. The molecule has 1 aliphatic carbocycles. The highest BCUT2D eigenvalue weighted by Gasteiger charge is 2.17. The third-order valence-corrected chi connectivity index (χ3v) is 6.91. The predicted octanol–water partition coefficient (Wildman–Crippen LogP) is 6.56. The Hall–Kier alpha value is -4.32. The van der Waals surface area contributed by atoms with Crippen molar-refractivity contribution in [3.8, 4) is 11.3 Å². The zero-order valence-electron chi connectivity index (χ0n) is 20.8. The normalized spacial score (nSPS) is 20.8. The summed E-state index contributed by atoms with van der Waals surface area (Å²) >= 11 is 0. The zero-order chi connectivity index (χ0) is 25.2. The molecule has 2 aliphatic heterocycles. The Morgan fingerprint density at radius 2 is 1.92 bits per heavy atom. The highest BCUT2D eigenvalue weighted by atomic mass is 19.1. The number of hydrogen-bond donors (Lipinski definition) is 1. The van der Waals surface area contributed by atoms with Gasteiger partial charge in [-0.25, -0.2) is 14.4 Å². The minimum atomic E-state index is -0.300. The van der Waals surface area contributed by atoms with Crippen LogP contribution in [0.3, 0.4) is 0 Å². The third-order valence-electron chi connectivity index (χ3n) is 6.91. The number of nitrogens with zero attached hydrogens (tertiary/aromatic N) is 4. The molecule has 0 saturated carbocycles. The molecule has 0 aromatic carbocycles. The molecule has 0 fully saturated rings. The lowest BCUT2D eigenvalue weighted by Crippen LogP contribution is -2.14. The van der Waals surface area contributed by atoms with E-state index in [4.69, 9.17) is 9.97 Å². The second-order valence-corrected chi connectivity index (χ2v) is 9.42. The van der Waals surface area contributed by atoms with Gasteiger partial charge in [-0.1, -0.05) is 42.5 Å². The first-order valence-corrected chi connectivity index (χ1v) is 12.7. The van der Waals surface area contributed by atoms with E-state index in [2.05, 4.69) is 75.7 Å². The van der Waals surface area contributed by atoms with Gasteiger partial charge in [0.1, 0.15) is 11.6 Å². The van der Waals surface area contributed by atoms with Crippen molar-refractivity contribution >= 4 is 17.8 Å². The second-order valence-electron chi connectivity index (χ2n) is 9.42. The van der Waals surface area contributed by atoms with Crippen LogP contribution in [0.15, 0.2) is 84.4 Å². The topological polar surface area (TPSA) is 55.6 Å². The first-order valence-electron chi connectivity index (χ1n) is 12.7. The van der Waals surface area contributed by atoms with E-state index in [1.807, 2.05) is 12.4 Å². The van der Waals surface area contributed by atoms with Gasteiger partial charge in [-0.3, -0.25) is 4.98 Å². The molecule has 0 spiro atoms. The molecule has 0 unspecified atom stereocenters. The van der Waals surface area contributed by atoms with Gasteiger partial charge >= 0.3 is 0 Å². The molecule has 3 aliphatic rings. The number of hydrogen-bond acceptors (Lipinski definition) is 4. The van der Waals surface area contributed by atoms with Gasteiger partial charge in [-0.2, -0.15) is 0 Å². The van der Waals surface area contributed by atoms with Crippen LogP contribution in [0.1, 0.15) is 47.7 Å². The summed E-state index contributed by atoms with van der Waals surface area (Å²) in [6, 6.07) is 5.36. The summed E-state index contributed by atoms with van der Waals surface area (Å²) in [4.78, 5) is 14.2. The number of aryl methyl sites for hydroxylation is 3. The van der Waals surface area contributed by atoms with E-state index >= 15 is 0 Å². The van der Waals surface area contributed by atoms with E-state index in [1.54, 1.807) is 13.0 Å². The number of rotatable bonds is 3. The van der Waals surface area contributed by atoms with Crippen LogP contribution >= 0.6 is 0 Å². The number of halogens is 1. The fraction of sp³-hybridized carbons (Fsp3) is 0.194. The van der Waals surface area contributed by atoms with Gasteiger partial charge in [0.15, 0.2) is 0 Å². The molecule has 37 heavy (non-hydrogen) atoms. The van der Waals surface area contributed by atoms with Gasteiger partial charge in [0.25, 0.3) is 0 Å². The van der Waals surface area contributed by atoms with Crippen LogP contribution in [0.25, 0.3) is 29.1 Å². The van der Waals surface area contributed by atoms with Crippen molar-refractivity contribution in [2.24, 2.45) is 0 Å². The van der Waals surface area contributed by atoms with Gasteiger partial charge < -0.3 is 9.88 Å². The Kier molecular flexibility index (Phi) is 6.23. The number of dihydropyridines is 1. The van der Waals surface area contributed by atoms with Gasteiger partial charge in [-0.05, 0) is 67.8 Å². The second kappa shape index (κ2) is 9.97. The van der Waals surface area contributed by atoms with E-state index < -0.39 is 0 Å². The van der Waals surface area contributed by atoms with Crippen molar-refractivity contribution in [1.82, 2.24) is 24.8 Å². The monoisotopic (exact) mass is 489 g/mol. The van der Waals surface area contributed by atoms with Crippen LogP contribution in [-0.2, 0) is 13.0 Å². The maximum absolute atomic E-state index is 13.8. The van der Waals surface area contributed by atoms with Crippen LogP contribution in [0.5, 0.6) is 0 Å². The predicted molar refractivity (Wildman–Crippen MR) is 146 cm³/mol. The molecule has 3 aromatic rings. The summed E-state index contributed by atoms with van der Waals surface area (Å²) in [5, 5.41) is 3.33. The number of allylic oxidation sites excluding steroid dienone is 8. The van der Waals surface area contributed by atoms with Crippen molar-refractivity contribution in [2.75, 3.05) is 0 Å². The van der Waals surface area contributed by atoms with Crippen LogP contribution < -0.4 is 5.32 Å². The average molecular weight is 490 g/mol. The molecule has 0 saturated heterocycles. The third kappa shape index (κ3) is 4.75. The van der Waals surface area contributed by atoms with Gasteiger partial charge in [0, 0.05) is 36.5 Å². The Morgan fingerprint density at radius 3 is 2.84 bits per heavy atom. The van der Waals surface area contributed by atoms with Gasteiger partial charge in [0.05, 0.1) is 28.5 Å². The van der Waals surface area contributed by atoms with Crippen LogP contribution in [0.4, 0.5) is 4.39 Å². The van der Waals surface area contributed by atoms with E-state index in [0.717, 1.165) is 83.1 Å². The Morgan fingerprint density at radius 1 is 1.00 bits per heavy atom. The molecule has 6 heteroatoms. The number of pyridine rings is 2. The Bertz CT molecular complexity index is 1520. The van der Waals surface area contributed by atoms with E-state index in [0.29, 0.717) is 5.69 Å². The van der Waals surface area contributed by atoms with Crippen molar-refractivity contribution < 1.29 is 4.39 Å². The minimum Gasteiger partial charge on any atom is -0.360 e. The quantitative estimate of drug-likeness (QED) is 0.423. The minimum absolute atomic E-state index is 0.300. The van der Waals surface area contributed by atoms with E-state index in [1.165, 1.54) is 6.07 Å². The average Bonchev–Trinajstić information content (AvgIpc) is 3.28. The molecule has 3 aromatic heterocycles.